The van der Waals surface area contributed by atoms with Gasteiger partial charge in [-0.2, -0.15) is 0 Å². The fourth-order valence-corrected chi connectivity index (χ4v) is 5.17. The average molecular weight is 500 g/mol. The highest BCUT2D eigenvalue weighted by Crippen LogP contribution is 2.25. The van der Waals surface area contributed by atoms with Gasteiger partial charge in [0.2, 0.25) is 5.91 Å². The molecule has 6 nitrogen and oxygen atoms in total. The summed E-state index contributed by atoms with van der Waals surface area (Å²) in [7, 11) is -3.98. The maximum absolute atomic E-state index is 13.4. The third-order valence-electron chi connectivity index (χ3n) is 5.53. The Morgan fingerprint density at radius 2 is 1.56 bits per heavy atom. The molecule has 34 heavy (non-hydrogen) atoms. The number of hydrogen-bond donors (Lipinski definition) is 1. The second-order valence-electron chi connectivity index (χ2n) is 7.92. The Hall–Kier alpha value is -3.03. The van der Waals surface area contributed by atoms with Gasteiger partial charge in [0.1, 0.15) is 6.54 Å². The quantitative estimate of drug-likeness (QED) is 0.426. The first-order valence-electron chi connectivity index (χ1n) is 11.2. The largest absolute Gasteiger partial charge is 0.372 e. The predicted molar refractivity (Wildman–Crippen MR) is 139 cm³/mol. The Balaban J connectivity index is 1.77. The summed E-state index contributed by atoms with van der Waals surface area (Å²) in [4.78, 5) is 15.1. The number of aryl methyl sites for hydroxylation is 1. The van der Waals surface area contributed by atoms with Crippen molar-refractivity contribution in [3.63, 3.8) is 0 Å². The number of amides is 1. The Bertz CT molecular complexity index is 1210. The van der Waals surface area contributed by atoms with Crippen LogP contribution in [0, 0.1) is 6.92 Å². The van der Waals surface area contributed by atoms with E-state index < -0.39 is 15.9 Å². The zero-order valence-electron chi connectivity index (χ0n) is 19.7. The van der Waals surface area contributed by atoms with Gasteiger partial charge < -0.3 is 10.2 Å². The van der Waals surface area contributed by atoms with Crippen LogP contribution in [0.15, 0.2) is 77.7 Å². The smallest absolute Gasteiger partial charge is 0.264 e. The van der Waals surface area contributed by atoms with Gasteiger partial charge >= 0.3 is 0 Å². The van der Waals surface area contributed by atoms with Gasteiger partial charge in [0.15, 0.2) is 0 Å². The van der Waals surface area contributed by atoms with Crippen LogP contribution in [0.5, 0.6) is 0 Å². The third-order valence-corrected chi connectivity index (χ3v) is 7.57. The number of halogens is 1. The molecule has 0 aliphatic heterocycles. The van der Waals surface area contributed by atoms with Crippen LogP contribution in [0.2, 0.25) is 5.02 Å². The Morgan fingerprint density at radius 1 is 0.912 bits per heavy atom. The number of hydrogen-bond acceptors (Lipinski definition) is 4. The normalized spacial score (nSPS) is 11.2. The van der Waals surface area contributed by atoms with Gasteiger partial charge in [0.25, 0.3) is 10.0 Å². The Morgan fingerprint density at radius 3 is 2.15 bits per heavy atom. The molecule has 0 aliphatic rings. The van der Waals surface area contributed by atoms with Gasteiger partial charge in [-0.3, -0.25) is 9.10 Å². The van der Waals surface area contributed by atoms with Crippen LogP contribution in [0.25, 0.3) is 0 Å². The number of benzene rings is 3. The highest BCUT2D eigenvalue weighted by atomic mass is 35.5. The number of anilines is 2. The maximum atomic E-state index is 13.4. The molecule has 1 N–H and O–H groups in total. The van der Waals surface area contributed by atoms with E-state index in [-0.39, 0.29) is 11.4 Å². The van der Waals surface area contributed by atoms with Crippen molar-refractivity contribution in [3.05, 3.63) is 88.9 Å². The Kier molecular flexibility index (Phi) is 8.58. The van der Waals surface area contributed by atoms with Crippen molar-refractivity contribution in [2.24, 2.45) is 0 Å². The van der Waals surface area contributed by atoms with Crippen molar-refractivity contribution in [1.29, 1.82) is 0 Å². The summed E-state index contributed by atoms with van der Waals surface area (Å²) >= 11 is 5.93. The van der Waals surface area contributed by atoms with Crippen molar-refractivity contribution >= 4 is 38.9 Å². The van der Waals surface area contributed by atoms with E-state index in [4.69, 9.17) is 11.6 Å². The SMILES string of the molecule is CCN(CC)c1ccc(CNC(=O)CN(c2cccc(C)c2)S(=O)(=O)c2ccc(Cl)cc2)cc1. The number of sulfonamides is 1. The second kappa shape index (κ2) is 11.4. The van der Waals surface area contributed by atoms with E-state index >= 15 is 0 Å². The van der Waals surface area contributed by atoms with Gasteiger partial charge in [-0.1, -0.05) is 35.9 Å². The van der Waals surface area contributed by atoms with Crippen molar-refractivity contribution in [3.8, 4) is 0 Å². The molecule has 0 fully saturated rings. The molecule has 0 radical (unpaired) electrons. The average Bonchev–Trinajstić information content (AvgIpc) is 2.83. The lowest BCUT2D eigenvalue weighted by Gasteiger charge is -2.24. The van der Waals surface area contributed by atoms with Crippen LogP contribution in [-0.4, -0.2) is 34.0 Å². The summed E-state index contributed by atoms with van der Waals surface area (Å²) in [6.07, 6.45) is 0. The van der Waals surface area contributed by atoms with Gasteiger partial charge in [0.05, 0.1) is 10.6 Å². The molecule has 0 atom stereocenters. The molecule has 0 saturated carbocycles. The lowest BCUT2D eigenvalue weighted by molar-refractivity contribution is -0.119. The van der Waals surface area contributed by atoms with Gasteiger partial charge in [-0.15, -0.1) is 0 Å². The molecule has 0 aliphatic carbocycles. The molecule has 8 heteroatoms. The first kappa shape index (κ1) is 25.6. The van der Waals surface area contributed by atoms with Gasteiger partial charge in [-0.05, 0) is 80.4 Å². The molecule has 3 rings (SSSR count). The fraction of sp³-hybridized carbons (Fsp3) is 0.269. The third kappa shape index (κ3) is 6.30. The topological polar surface area (TPSA) is 69.7 Å². The summed E-state index contributed by atoms with van der Waals surface area (Å²) in [5.74, 6) is -0.396. The monoisotopic (exact) mass is 499 g/mol. The maximum Gasteiger partial charge on any atom is 0.264 e. The number of carbonyl (C=O) groups excluding carboxylic acids is 1. The van der Waals surface area contributed by atoms with E-state index in [9.17, 15) is 13.2 Å². The molecule has 0 bridgehead atoms. The molecular formula is C26H30ClN3O3S. The number of carbonyl (C=O) groups is 1. The zero-order chi connectivity index (χ0) is 24.7. The molecule has 180 valence electrons. The van der Waals surface area contributed by atoms with Crippen molar-refractivity contribution in [1.82, 2.24) is 5.32 Å². The van der Waals surface area contributed by atoms with Crippen LogP contribution >= 0.6 is 11.6 Å². The minimum Gasteiger partial charge on any atom is -0.372 e. The van der Waals surface area contributed by atoms with Crippen molar-refractivity contribution in [2.75, 3.05) is 28.8 Å². The number of rotatable bonds is 10. The van der Waals surface area contributed by atoms with Gasteiger partial charge in [-0.25, -0.2) is 8.42 Å². The van der Waals surface area contributed by atoms with Crippen LogP contribution < -0.4 is 14.5 Å². The highest BCUT2D eigenvalue weighted by Gasteiger charge is 2.27. The summed E-state index contributed by atoms with van der Waals surface area (Å²) in [6.45, 7) is 7.89. The van der Waals surface area contributed by atoms with E-state index in [1.54, 1.807) is 18.2 Å². The fourth-order valence-electron chi connectivity index (χ4n) is 3.63. The van der Waals surface area contributed by atoms with Crippen LogP contribution in [0.3, 0.4) is 0 Å². The number of nitrogens with zero attached hydrogens (tertiary/aromatic N) is 2. The summed E-state index contributed by atoms with van der Waals surface area (Å²) in [6, 6.07) is 21.0. The minimum atomic E-state index is -3.98. The van der Waals surface area contributed by atoms with Crippen LogP contribution in [0.1, 0.15) is 25.0 Å². The zero-order valence-corrected chi connectivity index (χ0v) is 21.2. The molecular weight excluding hydrogens is 470 g/mol. The van der Waals surface area contributed by atoms with Gasteiger partial charge in [0, 0.05) is 30.3 Å². The lowest BCUT2D eigenvalue weighted by atomic mass is 10.2. The van der Waals surface area contributed by atoms with E-state index in [2.05, 4.69) is 24.1 Å². The van der Waals surface area contributed by atoms with E-state index in [0.717, 1.165) is 34.2 Å². The first-order valence-corrected chi connectivity index (χ1v) is 13.0. The van der Waals surface area contributed by atoms with E-state index in [1.807, 2.05) is 37.3 Å². The van der Waals surface area contributed by atoms with Crippen LogP contribution in [-0.2, 0) is 21.4 Å². The summed E-state index contributed by atoms with van der Waals surface area (Å²) in [5, 5.41) is 3.28. The summed E-state index contributed by atoms with van der Waals surface area (Å²) < 4.78 is 28.0. The second-order valence-corrected chi connectivity index (χ2v) is 10.2. The summed E-state index contributed by atoms with van der Waals surface area (Å²) in [5.41, 5.74) is 3.38. The number of nitrogens with one attached hydrogen (secondary N) is 1. The molecule has 3 aromatic rings. The predicted octanol–water partition coefficient (Wildman–Crippen LogP) is 5.01. The first-order chi connectivity index (χ1) is 16.2. The van der Waals surface area contributed by atoms with Crippen molar-refractivity contribution < 1.29 is 13.2 Å². The molecule has 0 aromatic heterocycles. The molecule has 1 amide bonds. The van der Waals surface area contributed by atoms with E-state index in [1.165, 1.54) is 24.3 Å². The molecule has 0 heterocycles. The minimum absolute atomic E-state index is 0.0678. The highest BCUT2D eigenvalue weighted by molar-refractivity contribution is 7.92. The lowest BCUT2D eigenvalue weighted by Crippen LogP contribution is -2.40. The Labute approximate surface area is 207 Å². The molecule has 3 aromatic carbocycles. The standard InChI is InChI=1S/C26H30ClN3O3S/c1-4-29(5-2)23-13-9-21(10-14-23)18-28-26(31)19-30(24-8-6-7-20(3)17-24)34(32,33)25-15-11-22(27)12-16-25/h6-17H,4-5,18-19H2,1-3H3,(H,28,31). The van der Waals surface area contributed by atoms with E-state index in [0.29, 0.717) is 17.3 Å². The van der Waals surface area contributed by atoms with Crippen LogP contribution in [0.4, 0.5) is 11.4 Å². The molecule has 0 saturated heterocycles. The van der Waals surface area contributed by atoms with Crippen molar-refractivity contribution in [2.45, 2.75) is 32.2 Å². The molecule has 0 unspecified atom stereocenters. The molecule has 0 spiro atoms.